The highest BCUT2D eigenvalue weighted by molar-refractivity contribution is 7.89. The number of imidazole rings is 1. The summed E-state index contributed by atoms with van der Waals surface area (Å²) in [6.45, 7) is 0.451. The number of benzene rings is 1. The number of rotatable bonds is 13. The Kier molecular flexibility index (Phi) is 11.5. The fourth-order valence-corrected chi connectivity index (χ4v) is 4.05. The fourth-order valence-electron chi connectivity index (χ4n) is 2.74. The zero-order valence-corrected chi connectivity index (χ0v) is 19.1. The van der Waals surface area contributed by atoms with Crippen LogP contribution in [0.25, 0.3) is 0 Å². The first-order chi connectivity index (χ1) is 14.3. The molecular formula is C19H26Cl2N4O5S. The number of aliphatic carboxylic acids is 1. The van der Waals surface area contributed by atoms with Gasteiger partial charge in [0.05, 0.1) is 11.2 Å². The van der Waals surface area contributed by atoms with Crippen LogP contribution < -0.4 is 10.0 Å². The summed E-state index contributed by atoms with van der Waals surface area (Å²) in [7, 11) is -3.93. The van der Waals surface area contributed by atoms with Crippen LogP contribution in [-0.4, -0.2) is 47.5 Å². The highest BCUT2D eigenvalue weighted by atomic mass is 35.5. The maximum atomic E-state index is 12.7. The van der Waals surface area contributed by atoms with E-state index in [0.717, 1.165) is 12.8 Å². The summed E-state index contributed by atoms with van der Waals surface area (Å²) in [6, 6.07) is 4.63. The molecule has 0 unspecified atom stereocenters. The smallest absolute Gasteiger partial charge is 0.303 e. The molecule has 3 N–H and O–H groups in total. The Morgan fingerprint density at radius 3 is 2.42 bits per heavy atom. The quantitative estimate of drug-likeness (QED) is 0.368. The summed E-state index contributed by atoms with van der Waals surface area (Å²) in [5.41, 5.74) is 0. The average molecular weight is 493 g/mol. The Hall–Kier alpha value is -2.14. The normalized spacial score (nSPS) is 12.0. The monoisotopic (exact) mass is 492 g/mol. The van der Waals surface area contributed by atoms with Crippen LogP contribution in [-0.2, 0) is 26.2 Å². The lowest BCUT2D eigenvalue weighted by molar-refractivity contribution is -0.137. The third-order valence-corrected chi connectivity index (χ3v) is 6.05. The van der Waals surface area contributed by atoms with Crippen LogP contribution in [0.1, 0.15) is 32.1 Å². The SMILES string of the molecule is Cl.O=C(O)CCCCCCNC(=O)[C@H](Cn1ccnc1)NS(=O)(=O)c1ccc(Cl)cc1. The highest BCUT2D eigenvalue weighted by Crippen LogP contribution is 2.14. The topological polar surface area (TPSA) is 130 Å². The minimum absolute atomic E-state index is 0. The summed E-state index contributed by atoms with van der Waals surface area (Å²) in [4.78, 5) is 27.1. The lowest BCUT2D eigenvalue weighted by atomic mass is 10.1. The predicted octanol–water partition coefficient (Wildman–Crippen LogP) is 2.46. The van der Waals surface area contributed by atoms with E-state index in [9.17, 15) is 18.0 Å². The molecule has 0 aliphatic carbocycles. The number of aromatic nitrogens is 2. The molecule has 12 heteroatoms. The first-order valence-electron chi connectivity index (χ1n) is 9.51. The largest absolute Gasteiger partial charge is 0.481 e. The Labute approximate surface area is 192 Å². The molecule has 1 aromatic heterocycles. The van der Waals surface area contributed by atoms with Crippen molar-refractivity contribution in [2.45, 2.75) is 49.6 Å². The van der Waals surface area contributed by atoms with Gasteiger partial charge in [-0.2, -0.15) is 4.72 Å². The Balaban J connectivity index is 0.00000480. The summed E-state index contributed by atoms with van der Waals surface area (Å²) >= 11 is 5.81. The van der Waals surface area contributed by atoms with Crippen molar-refractivity contribution in [3.05, 3.63) is 48.0 Å². The number of amides is 1. The highest BCUT2D eigenvalue weighted by Gasteiger charge is 2.26. The molecule has 0 saturated heterocycles. The van der Waals surface area contributed by atoms with Crippen LogP contribution >= 0.6 is 24.0 Å². The van der Waals surface area contributed by atoms with E-state index in [-0.39, 0.29) is 30.3 Å². The minimum Gasteiger partial charge on any atom is -0.481 e. The Morgan fingerprint density at radius 2 is 1.81 bits per heavy atom. The van der Waals surface area contributed by atoms with Crippen LogP contribution in [0.4, 0.5) is 0 Å². The van der Waals surface area contributed by atoms with Crippen molar-refractivity contribution in [3.8, 4) is 0 Å². The fraction of sp³-hybridized carbons (Fsp3) is 0.421. The van der Waals surface area contributed by atoms with Crippen LogP contribution in [0.2, 0.25) is 5.02 Å². The lowest BCUT2D eigenvalue weighted by Gasteiger charge is -2.19. The van der Waals surface area contributed by atoms with E-state index in [1.54, 1.807) is 17.0 Å². The number of hydrogen-bond acceptors (Lipinski definition) is 5. The Bertz CT molecular complexity index is 921. The maximum absolute atomic E-state index is 12.7. The van der Waals surface area contributed by atoms with Gasteiger partial charge in [-0.15, -0.1) is 12.4 Å². The molecule has 1 amide bonds. The third-order valence-electron chi connectivity index (χ3n) is 4.31. The summed E-state index contributed by atoms with van der Waals surface area (Å²) < 4.78 is 29.4. The minimum atomic E-state index is -3.93. The molecule has 0 spiro atoms. The van der Waals surface area contributed by atoms with Crippen molar-refractivity contribution in [1.82, 2.24) is 19.6 Å². The van der Waals surface area contributed by atoms with Crippen molar-refractivity contribution in [2.24, 2.45) is 0 Å². The van der Waals surface area contributed by atoms with Gasteiger partial charge < -0.3 is 15.0 Å². The molecule has 0 radical (unpaired) electrons. The molecule has 1 aromatic carbocycles. The molecule has 172 valence electrons. The molecule has 0 aliphatic rings. The van der Waals surface area contributed by atoms with Gasteiger partial charge in [0.25, 0.3) is 0 Å². The number of sulfonamides is 1. The maximum Gasteiger partial charge on any atom is 0.303 e. The molecule has 31 heavy (non-hydrogen) atoms. The van der Waals surface area contributed by atoms with Gasteiger partial charge in [-0.3, -0.25) is 9.59 Å². The van der Waals surface area contributed by atoms with Gasteiger partial charge in [0.1, 0.15) is 6.04 Å². The molecule has 0 fully saturated rings. The number of carboxylic acid groups (broad SMARTS) is 1. The van der Waals surface area contributed by atoms with Crippen molar-refractivity contribution in [1.29, 1.82) is 0 Å². The van der Waals surface area contributed by atoms with Crippen LogP contribution in [0, 0.1) is 0 Å². The second-order valence-corrected chi connectivity index (χ2v) is 8.89. The molecule has 9 nitrogen and oxygen atoms in total. The van der Waals surface area contributed by atoms with E-state index in [0.29, 0.717) is 24.4 Å². The van der Waals surface area contributed by atoms with E-state index in [1.165, 1.54) is 30.6 Å². The number of carboxylic acids is 1. The molecule has 2 aromatic rings. The number of halogens is 2. The molecule has 1 atom stereocenters. The van der Waals surface area contributed by atoms with Crippen molar-refractivity contribution >= 4 is 45.9 Å². The van der Waals surface area contributed by atoms with E-state index in [4.69, 9.17) is 16.7 Å². The van der Waals surface area contributed by atoms with Gasteiger partial charge in [0, 0.05) is 36.9 Å². The van der Waals surface area contributed by atoms with Crippen molar-refractivity contribution in [2.75, 3.05) is 6.54 Å². The number of unbranched alkanes of at least 4 members (excludes halogenated alkanes) is 3. The van der Waals surface area contributed by atoms with E-state index in [2.05, 4.69) is 15.0 Å². The average Bonchev–Trinajstić information content (AvgIpc) is 3.19. The van der Waals surface area contributed by atoms with Crippen molar-refractivity contribution < 1.29 is 23.1 Å². The molecule has 0 bridgehead atoms. The third kappa shape index (κ3) is 9.69. The zero-order chi connectivity index (χ0) is 22.0. The predicted molar refractivity (Wildman–Crippen MR) is 119 cm³/mol. The lowest BCUT2D eigenvalue weighted by Crippen LogP contribution is -2.49. The van der Waals surface area contributed by atoms with Gasteiger partial charge in [-0.1, -0.05) is 24.4 Å². The number of carbonyl (C=O) groups excluding carboxylic acids is 1. The van der Waals surface area contributed by atoms with Gasteiger partial charge in [-0.25, -0.2) is 13.4 Å². The number of carbonyl (C=O) groups is 2. The van der Waals surface area contributed by atoms with Gasteiger partial charge >= 0.3 is 5.97 Å². The Morgan fingerprint density at radius 1 is 1.13 bits per heavy atom. The molecule has 1 heterocycles. The van der Waals surface area contributed by atoms with Gasteiger partial charge in [-0.05, 0) is 37.1 Å². The first kappa shape index (κ1) is 26.9. The molecule has 0 saturated carbocycles. The van der Waals surface area contributed by atoms with Crippen LogP contribution in [0.15, 0.2) is 47.9 Å². The van der Waals surface area contributed by atoms with E-state index in [1.807, 2.05) is 0 Å². The first-order valence-corrected chi connectivity index (χ1v) is 11.4. The second-order valence-electron chi connectivity index (χ2n) is 6.74. The van der Waals surface area contributed by atoms with Crippen LogP contribution in [0.5, 0.6) is 0 Å². The van der Waals surface area contributed by atoms with Gasteiger partial charge in [0.15, 0.2) is 0 Å². The molecule has 2 rings (SSSR count). The summed E-state index contributed by atoms with van der Waals surface area (Å²) in [5.74, 6) is -1.27. The summed E-state index contributed by atoms with van der Waals surface area (Å²) in [5, 5.41) is 11.8. The van der Waals surface area contributed by atoms with E-state index >= 15 is 0 Å². The summed E-state index contributed by atoms with van der Waals surface area (Å²) in [6.07, 6.45) is 7.60. The standard InChI is InChI=1S/C19H25ClN4O5S.ClH/c20-15-6-8-16(9-7-15)30(28,29)23-17(13-24-12-11-21-14-24)19(27)22-10-4-2-1-3-5-18(25)26;/h6-9,11-12,14,17,23H,1-5,10,13H2,(H,22,27)(H,25,26);1H/t17-;/m0./s1. The number of hydrogen-bond donors (Lipinski definition) is 3. The van der Waals surface area contributed by atoms with Crippen LogP contribution in [0.3, 0.4) is 0 Å². The molecule has 0 aliphatic heterocycles. The number of nitrogens with zero attached hydrogens (tertiary/aromatic N) is 2. The molecular weight excluding hydrogens is 467 g/mol. The van der Waals surface area contributed by atoms with Crippen molar-refractivity contribution in [3.63, 3.8) is 0 Å². The van der Waals surface area contributed by atoms with E-state index < -0.39 is 27.9 Å². The second kappa shape index (κ2) is 13.3. The zero-order valence-electron chi connectivity index (χ0n) is 16.7. The number of nitrogens with one attached hydrogen (secondary N) is 2. The van der Waals surface area contributed by atoms with Gasteiger partial charge in [0.2, 0.25) is 15.9 Å².